The Labute approximate surface area is 183 Å². The predicted molar refractivity (Wildman–Crippen MR) is 109 cm³/mol. The van der Waals surface area contributed by atoms with E-state index < -0.39 is 50.1 Å². The van der Waals surface area contributed by atoms with Gasteiger partial charge in [-0.25, -0.2) is 21.6 Å². The number of likely N-dealkylation sites (N-methyl/N-ethyl adjacent to an activating group) is 1. The molecule has 16 heteroatoms. The smallest absolute Gasteiger partial charge is 0.294 e. The van der Waals surface area contributed by atoms with Crippen molar-refractivity contribution in [3.05, 3.63) is 21.7 Å². The number of rotatable bonds is 12. The summed E-state index contributed by atoms with van der Waals surface area (Å²) in [6.45, 7) is 2.48. The van der Waals surface area contributed by atoms with Crippen LogP contribution in [0, 0.1) is 10.1 Å². The van der Waals surface area contributed by atoms with Crippen molar-refractivity contribution in [2.75, 3.05) is 40.0 Å². The Kier molecular flexibility index (Phi) is 8.73. The van der Waals surface area contributed by atoms with Crippen LogP contribution in [0.25, 0.3) is 0 Å². The minimum atomic E-state index is -4.37. The third-order valence-electron chi connectivity index (χ3n) is 4.28. The molecule has 13 nitrogen and oxygen atoms in total. The normalized spacial score (nSPS) is 18.3. The topological polar surface area (TPSA) is 174 Å². The molecule has 1 aromatic rings. The van der Waals surface area contributed by atoms with Crippen molar-refractivity contribution >= 4 is 37.3 Å². The van der Waals surface area contributed by atoms with E-state index in [1.165, 1.54) is 17.5 Å². The summed E-state index contributed by atoms with van der Waals surface area (Å²) in [6.07, 6.45) is -0.0837. The van der Waals surface area contributed by atoms with Gasteiger partial charge in [0.15, 0.2) is 0 Å². The quantitative estimate of drug-likeness (QED) is 0.223. The van der Waals surface area contributed by atoms with E-state index in [0.717, 1.165) is 0 Å². The number of carbonyl (C=O) groups excluding carboxylic acids is 1. The molecule has 2 heterocycles. The van der Waals surface area contributed by atoms with Gasteiger partial charge in [-0.1, -0.05) is 6.92 Å². The molecular formula is C15H24N4O9S3. The Morgan fingerprint density at radius 1 is 1.42 bits per heavy atom. The van der Waals surface area contributed by atoms with Gasteiger partial charge in [-0.15, -0.1) is 21.5 Å². The Morgan fingerprint density at radius 2 is 2.13 bits per heavy atom. The number of thiophene rings is 1. The number of ether oxygens (including phenoxy) is 1. The van der Waals surface area contributed by atoms with Crippen LogP contribution in [-0.2, 0) is 34.4 Å². The molecule has 1 aromatic heterocycles. The third-order valence-corrected chi connectivity index (χ3v) is 9.67. The molecule has 2 N–H and O–H groups in total. The fourth-order valence-electron chi connectivity index (χ4n) is 2.94. The molecular weight excluding hydrogens is 476 g/mol. The van der Waals surface area contributed by atoms with Crippen LogP contribution >= 0.6 is 11.3 Å². The third kappa shape index (κ3) is 6.33. The highest BCUT2D eigenvalue weighted by Gasteiger charge is 2.40. The molecule has 0 saturated heterocycles. The molecule has 1 amide bonds. The summed E-state index contributed by atoms with van der Waals surface area (Å²) in [7, 11) is -6.78. The zero-order chi connectivity index (χ0) is 23.2. The summed E-state index contributed by atoms with van der Waals surface area (Å²) >= 11 is 0.549. The van der Waals surface area contributed by atoms with E-state index in [4.69, 9.17) is 4.74 Å². The molecule has 0 fully saturated rings. The number of fused-ring (bicyclic) bond motifs is 1. The predicted octanol–water partition coefficient (Wildman–Crippen LogP) is -0.157. The monoisotopic (exact) mass is 500 g/mol. The summed E-state index contributed by atoms with van der Waals surface area (Å²) in [5, 5.41) is 12.2. The lowest BCUT2D eigenvalue weighted by Gasteiger charge is -2.32. The van der Waals surface area contributed by atoms with Gasteiger partial charge in [-0.2, -0.15) is 4.31 Å². The number of sulfonamides is 2. The van der Waals surface area contributed by atoms with Crippen LogP contribution in [0.5, 0.6) is 0 Å². The first-order chi connectivity index (χ1) is 14.5. The molecule has 0 unspecified atom stereocenters. The SMILES string of the molecule is CCN[C@H]1CN(CCCOC)S(=O)(=O)c2sc(S(=O)(=O)NC(=O)CCO[N+](=O)[O-])cc21. The highest BCUT2D eigenvalue weighted by Crippen LogP contribution is 2.40. The zero-order valence-electron chi connectivity index (χ0n) is 16.9. The van der Waals surface area contributed by atoms with Gasteiger partial charge >= 0.3 is 0 Å². The van der Waals surface area contributed by atoms with E-state index in [2.05, 4.69) is 10.2 Å². The van der Waals surface area contributed by atoms with E-state index >= 15 is 0 Å². The molecule has 0 saturated carbocycles. The number of hydrogen-bond acceptors (Lipinski definition) is 11. The zero-order valence-corrected chi connectivity index (χ0v) is 19.3. The Balaban J connectivity index is 2.28. The van der Waals surface area contributed by atoms with Crippen LogP contribution < -0.4 is 10.0 Å². The van der Waals surface area contributed by atoms with Crippen LogP contribution in [0.4, 0.5) is 0 Å². The largest absolute Gasteiger partial charge is 0.385 e. The van der Waals surface area contributed by atoms with Crippen molar-refractivity contribution in [1.82, 2.24) is 14.3 Å². The molecule has 1 aliphatic heterocycles. The average Bonchev–Trinajstić information content (AvgIpc) is 3.13. The Bertz CT molecular complexity index is 1010. The average molecular weight is 501 g/mol. The second-order valence-electron chi connectivity index (χ2n) is 6.46. The first kappa shape index (κ1) is 25.4. The summed E-state index contributed by atoms with van der Waals surface area (Å²) in [5.74, 6) is -1.01. The first-order valence-electron chi connectivity index (χ1n) is 9.22. The standard InChI is InChI=1S/C15H24N4O9S3/c1-3-16-12-10-18(6-4-7-27-2)31(25,26)15-11(12)9-14(29-15)30(23,24)17-13(20)5-8-28-19(21)22/h9,12,16H,3-8,10H2,1-2H3,(H,17,20)/t12-/m0/s1. The van der Waals surface area contributed by atoms with Gasteiger partial charge in [0.05, 0.1) is 6.42 Å². The Hall–Kier alpha value is -1.85. The number of amides is 1. The minimum Gasteiger partial charge on any atom is -0.385 e. The second kappa shape index (κ2) is 10.6. The van der Waals surface area contributed by atoms with Gasteiger partial charge in [-0.3, -0.25) is 4.79 Å². The number of carbonyl (C=O) groups is 1. The van der Waals surface area contributed by atoms with Gasteiger partial charge in [0, 0.05) is 38.4 Å². The highest BCUT2D eigenvalue weighted by atomic mass is 32.3. The summed E-state index contributed by atoms with van der Waals surface area (Å²) in [6, 6.07) is 0.816. The molecule has 1 atom stereocenters. The number of methoxy groups -OCH3 is 1. The van der Waals surface area contributed by atoms with Crippen LogP contribution in [0.1, 0.15) is 31.4 Å². The lowest BCUT2D eigenvalue weighted by Crippen LogP contribution is -2.43. The van der Waals surface area contributed by atoms with E-state index in [9.17, 15) is 31.7 Å². The second-order valence-corrected chi connectivity index (χ2v) is 11.6. The van der Waals surface area contributed by atoms with Crippen molar-refractivity contribution in [3.8, 4) is 0 Å². The van der Waals surface area contributed by atoms with Crippen LogP contribution in [0.15, 0.2) is 14.5 Å². The van der Waals surface area contributed by atoms with E-state index in [0.29, 0.717) is 36.5 Å². The maximum Gasteiger partial charge on any atom is 0.294 e. The molecule has 0 spiro atoms. The lowest BCUT2D eigenvalue weighted by atomic mass is 10.1. The number of nitrogens with one attached hydrogen (secondary N) is 2. The molecule has 31 heavy (non-hydrogen) atoms. The van der Waals surface area contributed by atoms with Crippen LogP contribution in [0.2, 0.25) is 0 Å². The fourth-order valence-corrected chi connectivity index (χ4v) is 7.84. The summed E-state index contributed by atoms with van der Waals surface area (Å²) < 4.78 is 58.8. The van der Waals surface area contributed by atoms with Gasteiger partial charge < -0.3 is 14.9 Å². The van der Waals surface area contributed by atoms with Crippen molar-refractivity contribution in [2.45, 2.75) is 34.2 Å². The van der Waals surface area contributed by atoms with Gasteiger partial charge in [0.2, 0.25) is 5.91 Å². The number of hydrogen-bond donors (Lipinski definition) is 2. The van der Waals surface area contributed by atoms with Gasteiger partial charge in [0.25, 0.3) is 25.1 Å². The van der Waals surface area contributed by atoms with E-state index in [1.807, 2.05) is 6.92 Å². The molecule has 0 aromatic carbocycles. The maximum atomic E-state index is 13.0. The van der Waals surface area contributed by atoms with Crippen molar-refractivity contribution in [1.29, 1.82) is 0 Å². The molecule has 0 aliphatic carbocycles. The molecule has 0 radical (unpaired) electrons. The van der Waals surface area contributed by atoms with Crippen molar-refractivity contribution in [2.24, 2.45) is 0 Å². The molecule has 1 aliphatic rings. The molecule has 0 bridgehead atoms. The van der Waals surface area contributed by atoms with Crippen molar-refractivity contribution < 1.29 is 36.3 Å². The van der Waals surface area contributed by atoms with E-state index in [1.54, 1.807) is 4.72 Å². The first-order valence-corrected chi connectivity index (χ1v) is 13.0. The summed E-state index contributed by atoms with van der Waals surface area (Å²) in [5.41, 5.74) is 0.319. The lowest BCUT2D eigenvalue weighted by molar-refractivity contribution is -0.757. The van der Waals surface area contributed by atoms with Crippen LogP contribution in [0.3, 0.4) is 0 Å². The van der Waals surface area contributed by atoms with Gasteiger partial charge in [0.1, 0.15) is 15.0 Å². The van der Waals surface area contributed by atoms with Crippen molar-refractivity contribution in [3.63, 3.8) is 0 Å². The van der Waals surface area contributed by atoms with Crippen LogP contribution in [-0.4, -0.2) is 72.1 Å². The summed E-state index contributed by atoms with van der Waals surface area (Å²) in [4.78, 5) is 25.9. The highest BCUT2D eigenvalue weighted by molar-refractivity contribution is 7.94. The number of nitrogens with zero attached hydrogens (tertiary/aromatic N) is 2. The van der Waals surface area contributed by atoms with E-state index in [-0.39, 0.29) is 21.5 Å². The molecule has 2 rings (SSSR count). The minimum absolute atomic E-state index is 0.105. The fraction of sp³-hybridized carbons (Fsp3) is 0.667. The van der Waals surface area contributed by atoms with Gasteiger partial charge in [-0.05, 0) is 19.0 Å². The molecule has 176 valence electrons. The maximum absolute atomic E-state index is 13.0. The Morgan fingerprint density at radius 3 is 2.74 bits per heavy atom.